The molecule has 0 radical (unpaired) electrons. The van der Waals surface area contributed by atoms with Gasteiger partial charge in [0.1, 0.15) is 29.5 Å². The van der Waals surface area contributed by atoms with E-state index in [9.17, 15) is 39.6 Å². The molecule has 4 aliphatic rings. The Morgan fingerprint density at radius 1 is 0.963 bits per heavy atom. The van der Waals surface area contributed by atoms with Crippen molar-refractivity contribution in [3.05, 3.63) is 82.9 Å². The van der Waals surface area contributed by atoms with E-state index in [1.807, 2.05) is 0 Å². The number of ether oxygens (including phenoxy) is 4. The largest absolute Gasteiger partial charge is 0.456 e. The summed E-state index contributed by atoms with van der Waals surface area (Å²) in [6.07, 6.45) is -9.62. The van der Waals surface area contributed by atoms with Crippen molar-refractivity contribution in [2.45, 2.75) is 115 Å². The number of aliphatic hydroxyl groups is 4. The maximum absolute atomic E-state index is 14.7. The molecular weight excluding hydrogens is 698 g/mol. The Bertz CT molecular complexity index is 1800. The van der Waals surface area contributed by atoms with Crippen LogP contribution in [0, 0.1) is 22.7 Å². The second-order valence-corrected chi connectivity index (χ2v) is 16.8. The van der Waals surface area contributed by atoms with Gasteiger partial charge in [-0.05, 0) is 63.5 Å². The van der Waals surface area contributed by atoms with E-state index in [-0.39, 0.29) is 36.2 Å². The molecule has 1 saturated heterocycles. The number of aliphatic hydroxyl groups excluding tert-OH is 3. The minimum atomic E-state index is -2.12. The van der Waals surface area contributed by atoms with Crippen LogP contribution in [-0.4, -0.2) is 98.7 Å². The third-order valence-corrected chi connectivity index (χ3v) is 12.2. The Labute approximate surface area is 314 Å². The van der Waals surface area contributed by atoms with Crippen molar-refractivity contribution in [1.82, 2.24) is 5.32 Å². The highest BCUT2D eigenvalue weighted by molar-refractivity contribution is 5.94. The standard InChI is InChI=1S/C41H51NO12/c1-21-26(52-36(48)32(45)30(22-14-10-8-11-15-22)42-37(49)54-38(2,3)4)19-41(50)34(53-35(47)23-16-12-9-13-17-23)29-24-20-51-25(24)18-27(43)40(29,7)33(46)31(44)28(21)39(41,5)6/h8-17,24-27,29-32,34,43-45,50H,18-20H2,1-7H3,(H,42,49)/t24-,25-,26?,27+,29?,30+,31-,32-,34+,40-,41-/m1/s1. The fourth-order valence-electron chi connectivity index (χ4n) is 9.11. The number of carbonyl (C=O) groups excluding carboxylic acids is 4. The predicted octanol–water partition coefficient (Wildman–Crippen LogP) is 3.57. The summed E-state index contributed by atoms with van der Waals surface area (Å²) in [7, 11) is 0. The Hall–Kier alpha value is -4.14. The molecule has 6 rings (SSSR count). The van der Waals surface area contributed by atoms with Crippen LogP contribution in [0.2, 0.25) is 0 Å². The first-order chi connectivity index (χ1) is 25.2. The number of carbonyl (C=O) groups is 4. The summed E-state index contributed by atoms with van der Waals surface area (Å²) in [6, 6.07) is 15.1. The van der Waals surface area contributed by atoms with Crippen LogP contribution in [0.5, 0.6) is 0 Å². The van der Waals surface area contributed by atoms with Crippen LogP contribution in [0.25, 0.3) is 0 Å². The number of ketones is 1. The monoisotopic (exact) mass is 749 g/mol. The lowest BCUT2D eigenvalue weighted by molar-refractivity contribution is -0.277. The lowest BCUT2D eigenvalue weighted by Crippen LogP contribution is -2.75. The first-order valence-electron chi connectivity index (χ1n) is 18.4. The Morgan fingerprint density at radius 2 is 1.57 bits per heavy atom. The van der Waals surface area contributed by atoms with Crippen LogP contribution >= 0.6 is 0 Å². The molecule has 0 aromatic heterocycles. The van der Waals surface area contributed by atoms with Gasteiger partial charge < -0.3 is 44.7 Å². The molecule has 1 amide bonds. The van der Waals surface area contributed by atoms with Crippen molar-refractivity contribution in [3.8, 4) is 0 Å². The highest BCUT2D eigenvalue weighted by Gasteiger charge is 2.72. The van der Waals surface area contributed by atoms with Crippen molar-refractivity contribution in [2.75, 3.05) is 6.61 Å². The zero-order valence-electron chi connectivity index (χ0n) is 31.6. The van der Waals surface area contributed by atoms with E-state index in [2.05, 4.69) is 5.32 Å². The van der Waals surface area contributed by atoms with Crippen LogP contribution in [0.4, 0.5) is 4.79 Å². The number of fused-ring (bicyclic) bond motifs is 5. The molecule has 0 spiro atoms. The first kappa shape index (κ1) is 39.6. The summed E-state index contributed by atoms with van der Waals surface area (Å²) >= 11 is 0. The predicted molar refractivity (Wildman–Crippen MR) is 193 cm³/mol. The molecule has 5 N–H and O–H groups in total. The van der Waals surface area contributed by atoms with E-state index < -0.39 is 100 Å². The molecule has 2 bridgehead atoms. The molecule has 13 heteroatoms. The third kappa shape index (κ3) is 6.63. The van der Waals surface area contributed by atoms with E-state index in [0.29, 0.717) is 5.56 Å². The summed E-state index contributed by atoms with van der Waals surface area (Å²) in [4.78, 5) is 55.4. The van der Waals surface area contributed by atoms with Crippen molar-refractivity contribution in [3.63, 3.8) is 0 Å². The highest BCUT2D eigenvalue weighted by Crippen LogP contribution is 2.62. The number of rotatable bonds is 7. The van der Waals surface area contributed by atoms with Gasteiger partial charge in [0.05, 0.1) is 35.8 Å². The van der Waals surface area contributed by atoms with Crippen molar-refractivity contribution in [1.29, 1.82) is 0 Å². The summed E-state index contributed by atoms with van der Waals surface area (Å²) in [6.45, 7) is 11.5. The molecule has 2 aromatic rings. The molecule has 292 valence electrons. The van der Waals surface area contributed by atoms with Crippen molar-refractivity contribution >= 4 is 23.8 Å². The Kier molecular flexibility index (Phi) is 10.4. The minimum Gasteiger partial charge on any atom is -0.456 e. The Morgan fingerprint density at radius 3 is 2.15 bits per heavy atom. The molecular formula is C41H51NO12. The number of amides is 1. The molecule has 2 saturated carbocycles. The van der Waals surface area contributed by atoms with Gasteiger partial charge in [0.2, 0.25) is 0 Å². The minimum absolute atomic E-state index is 0.0413. The summed E-state index contributed by atoms with van der Waals surface area (Å²) in [5, 5.41) is 50.9. The number of hydrogen-bond donors (Lipinski definition) is 5. The summed E-state index contributed by atoms with van der Waals surface area (Å²) < 4.78 is 23.5. The van der Waals surface area contributed by atoms with Gasteiger partial charge in [0.15, 0.2) is 11.9 Å². The maximum atomic E-state index is 14.7. The topological polar surface area (TPSA) is 198 Å². The summed E-state index contributed by atoms with van der Waals surface area (Å²) in [5.41, 5.74) is -5.31. The van der Waals surface area contributed by atoms with Gasteiger partial charge in [-0.3, -0.25) is 4.79 Å². The molecule has 2 aromatic carbocycles. The number of hydrogen-bond acceptors (Lipinski definition) is 12. The average molecular weight is 750 g/mol. The van der Waals surface area contributed by atoms with Gasteiger partial charge in [-0.2, -0.15) is 0 Å². The second-order valence-electron chi connectivity index (χ2n) is 16.8. The molecule has 54 heavy (non-hydrogen) atoms. The third-order valence-electron chi connectivity index (χ3n) is 12.2. The molecule has 1 heterocycles. The molecule has 13 nitrogen and oxygen atoms in total. The van der Waals surface area contributed by atoms with Gasteiger partial charge >= 0.3 is 18.0 Å². The van der Waals surface area contributed by atoms with E-state index in [1.165, 1.54) is 6.92 Å². The summed E-state index contributed by atoms with van der Waals surface area (Å²) in [5.74, 6) is -4.15. The molecule has 2 unspecified atom stereocenters. The van der Waals surface area contributed by atoms with E-state index in [1.54, 1.807) is 102 Å². The molecule has 1 aliphatic heterocycles. The van der Waals surface area contributed by atoms with E-state index in [4.69, 9.17) is 18.9 Å². The van der Waals surface area contributed by atoms with E-state index in [0.717, 1.165) is 0 Å². The van der Waals surface area contributed by atoms with Gasteiger partial charge in [-0.25, -0.2) is 14.4 Å². The number of benzene rings is 2. The quantitative estimate of drug-likeness (QED) is 0.157. The Balaban J connectivity index is 1.43. The second kappa shape index (κ2) is 14.2. The average Bonchev–Trinajstić information content (AvgIpc) is 3.10. The van der Waals surface area contributed by atoms with Crippen LogP contribution < -0.4 is 5.32 Å². The molecule has 3 aliphatic carbocycles. The SMILES string of the molecule is CC1=C2[C@@H](O)C(=O)[C@@]3(C)C([C@@H]4CO[C@@H]4C[C@@H]3O)[C@H](OC(=O)c3ccccc3)[C@](O)(CC1OC(=O)[C@H](O)[C@@H](NC(=O)OC(C)(C)C)c1ccccc1)C2(C)C. The highest BCUT2D eigenvalue weighted by atomic mass is 16.6. The first-order valence-corrected chi connectivity index (χ1v) is 18.4. The van der Waals surface area contributed by atoms with Crippen LogP contribution in [0.1, 0.15) is 83.3 Å². The maximum Gasteiger partial charge on any atom is 0.408 e. The number of esters is 2. The van der Waals surface area contributed by atoms with E-state index >= 15 is 0 Å². The van der Waals surface area contributed by atoms with Crippen molar-refractivity contribution < 1.29 is 58.6 Å². The molecule has 11 atom stereocenters. The van der Waals surface area contributed by atoms with Gasteiger partial charge in [-0.15, -0.1) is 0 Å². The lowest BCUT2D eigenvalue weighted by atomic mass is 9.46. The lowest BCUT2D eigenvalue weighted by Gasteiger charge is -2.64. The van der Waals surface area contributed by atoms with Crippen molar-refractivity contribution in [2.24, 2.45) is 22.7 Å². The fraction of sp³-hybridized carbons (Fsp3) is 0.561. The number of alkyl carbamates (subject to hydrolysis) is 1. The number of nitrogens with one attached hydrogen (secondary N) is 1. The van der Waals surface area contributed by atoms with Gasteiger partial charge in [-0.1, -0.05) is 62.4 Å². The molecule has 3 fully saturated rings. The normalized spacial score (nSPS) is 34.1. The van der Waals surface area contributed by atoms with Crippen LogP contribution in [-0.2, 0) is 28.5 Å². The van der Waals surface area contributed by atoms with Crippen LogP contribution in [0.15, 0.2) is 71.8 Å². The van der Waals surface area contributed by atoms with Gasteiger partial charge in [0, 0.05) is 30.1 Å². The zero-order valence-corrected chi connectivity index (χ0v) is 31.6. The van der Waals surface area contributed by atoms with Crippen LogP contribution in [0.3, 0.4) is 0 Å². The fourth-order valence-corrected chi connectivity index (χ4v) is 9.11. The number of Topliss-reactive ketones (excluding diaryl/α,β-unsaturated/α-hetero) is 1. The smallest absolute Gasteiger partial charge is 0.408 e. The zero-order chi connectivity index (χ0) is 39.5. The van der Waals surface area contributed by atoms with Gasteiger partial charge in [0.25, 0.3) is 0 Å².